The van der Waals surface area contributed by atoms with Gasteiger partial charge in [-0.25, -0.2) is 0 Å². The second-order valence-electron chi connectivity index (χ2n) is 7.24. The van der Waals surface area contributed by atoms with Crippen LogP contribution in [0.3, 0.4) is 0 Å². The Kier molecular flexibility index (Phi) is 4.91. The predicted octanol–water partition coefficient (Wildman–Crippen LogP) is 3.26. The molecule has 5 nitrogen and oxygen atoms in total. The van der Waals surface area contributed by atoms with E-state index < -0.39 is 0 Å². The fraction of sp³-hybridized carbons (Fsp3) is 0.429. The summed E-state index contributed by atoms with van der Waals surface area (Å²) in [5.74, 6) is 0.996. The summed E-state index contributed by atoms with van der Waals surface area (Å²) in [4.78, 5) is 28.0. The molecule has 1 aromatic heterocycles. The van der Waals surface area contributed by atoms with Crippen molar-refractivity contribution < 1.29 is 14.3 Å². The Morgan fingerprint density at radius 2 is 1.89 bits per heavy atom. The number of carbonyl (C=O) groups excluding carboxylic acids is 2. The standard InChI is InChI=1S/C21H24N2O3S/c1-13(24)23-9-7-16(8-10-23)22-21(25)19-12-15-4-3-14-11-17(26-2)5-6-18(14)20(15)27-19/h5-6,11-12,16H,3-4,7-10H2,1-2H3,(H,22,25). The Morgan fingerprint density at radius 1 is 1.15 bits per heavy atom. The topological polar surface area (TPSA) is 58.6 Å². The summed E-state index contributed by atoms with van der Waals surface area (Å²) in [5, 5.41) is 3.16. The zero-order valence-corrected chi connectivity index (χ0v) is 16.5. The first-order chi connectivity index (χ1) is 13.0. The van der Waals surface area contributed by atoms with Crippen molar-refractivity contribution in [2.75, 3.05) is 20.2 Å². The molecule has 0 bridgehead atoms. The molecule has 6 heteroatoms. The number of benzene rings is 1. The molecule has 1 fully saturated rings. The molecule has 0 spiro atoms. The first-order valence-electron chi connectivity index (χ1n) is 9.41. The average Bonchev–Trinajstić information content (AvgIpc) is 3.13. The Labute approximate surface area is 163 Å². The number of thiophene rings is 1. The lowest BCUT2D eigenvalue weighted by molar-refractivity contribution is -0.129. The predicted molar refractivity (Wildman–Crippen MR) is 106 cm³/mol. The molecule has 0 atom stereocenters. The number of hydrogen-bond donors (Lipinski definition) is 1. The first kappa shape index (κ1) is 18.0. The molecule has 1 aliphatic carbocycles. The summed E-state index contributed by atoms with van der Waals surface area (Å²) in [6.07, 6.45) is 3.56. The maximum atomic E-state index is 12.8. The van der Waals surface area contributed by atoms with Gasteiger partial charge in [-0.2, -0.15) is 0 Å². The highest BCUT2D eigenvalue weighted by Gasteiger charge is 2.25. The number of hydrogen-bond acceptors (Lipinski definition) is 4. The third kappa shape index (κ3) is 3.58. The average molecular weight is 385 g/mol. The summed E-state index contributed by atoms with van der Waals surface area (Å²) in [7, 11) is 1.68. The minimum absolute atomic E-state index is 0.00531. The van der Waals surface area contributed by atoms with E-state index in [9.17, 15) is 9.59 Å². The van der Waals surface area contributed by atoms with Gasteiger partial charge in [-0.3, -0.25) is 9.59 Å². The van der Waals surface area contributed by atoms with E-state index >= 15 is 0 Å². The molecule has 4 rings (SSSR count). The first-order valence-corrected chi connectivity index (χ1v) is 10.2. The Morgan fingerprint density at radius 3 is 2.59 bits per heavy atom. The number of piperidine rings is 1. The monoisotopic (exact) mass is 384 g/mol. The number of rotatable bonds is 3. The van der Waals surface area contributed by atoms with Crippen molar-refractivity contribution in [2.45, 2.75) is 38.6 Å². The van der Waals surface area contributed by atoms with Crippen LogP contribution in [0.1, 0.15) is 40.6 Å². The van der Waals surface area contributed by atoms with Gasteiger partial charge in [0, 0.05) is 30.9 Å². The van der Waals surface area contributed by atoms with Gasteiger partial charge in [0.05, 0.1) is 12.0 Å². The van der Waals surface area contributed by atoms with E-state index in [1.54, 1.807) is 25.4 Å². The molecular weight excluding hydrogens is 360 g/mol. The molecule has 0 unspecified atom stereocenters. The number of nitrogens with zero attached hydrogens (tertiary/aromatic N) is 1. The van der Waals surface area contributed by atoms with Gasteiger partial charge in [0.1, 0.15) is 5.75 Å². The van der Waals surface area contributed by atoms with Crippen LogP contribution in [0, 0.1) is 0 Å². The van der Waals surface area contributed by atoms with Gasteiger partial charge >= 0.3 is 0 Å². The number of likely N-dealkylation sites (tertiary alicyclic amines) is 1. The highest BCUT2D eigenvalue weighted by molar-refractivity contribution is 7.17. The number of methoxy groups -OCH3 is 1. The summed E-state index contributed by atoms with van der Waals surface area (Å²) < 4.78 is 5.33. The fourth-order valence-electron chi connectivity index (χ4n) is 3.94. The van der Waals surface area contributed by atoms with Gasteiger partial charge in [-0.15, -0.1) is 11.3 Å². The molecule has 0 saturated carbocycles. The molecule has 1 N–H and O–H groups in total. The van der Waals surface area contributed by atoms with Crippen molar-refractivity contribution in [2.24, 2.45) is 0 Å². The minimum Gasteiger partial charge on any atom is -0.497 e. The summed E-state index contributed by atoms with van der Waals surface area (Å²) in [6.45, 7) is 3.04. The summed E-state index contributed by atoms with van der Waals surface area (Å²) in [6, 6.07) is 8.37. The van der Waals surface area contributed by atoms with Crippen molar-refractivity contribution >= 4 is 23.2 Å². The number of carbonyl (C=O) groups is 2. The van der Waals surface area contributed by atoms with E-state index in [2.05, 4.69) is 17.4 Å². The molecule has 142 valence electrons. The Bertz CT molecular complexity index is 882. The lowest BCUT2D eigenvalue weighted by Gasteiger charge is -2.31. The molecular formula is C21H24N2O3S. The van der Waals surface area contributed by atoms with E-state index in [1.165, 1.54) is 21.6 Å². The van der Waals surface area contributed by atoms with Crippen molar-refractivity contribution in [3.05, 3.63) is 40.3 Å². The Balaban J connectivity index is 1.47. The van der Waals surface area contributed by atoms with Crippen molar-refractivity contribution in [1.29, 1.82) is 0 Å². The Hall–Kier alpha value is -2.34. The van der Waals surface area contributed by atoms with Crippen LogP contribution < -0.4 is 10.1 Å². The maximum absolute atomic E-state index is 12.8. The molecule has 1 aliphatic heterocycles. The van der Waals surface area contributed by atoms with Gasteiger partial charge in [0.15, 0.2) is 0 Å². The van der Waals surface area contributed by atoms with Crippen LogP contribution in [0.25, 0.3) is 10.4 Å². The number of aryl methyl sites for hydroxylation is 2. The maximum Gasteiger partial charge on any atom is 0.261 e. The highest BCUT2D eigenvalue weighted by Crippen LogP contribution is 2.40. The lowest BCUT2D eigenvalue weighted by atomic mass is 9.91. The van der Waals surface area contributed by atoms with Crippen LogP contribution in [-0.2, 0) is 17.6 Å². The van der Waals surface area contributed by atoms with Gasteiger partial charge in [-0.1, -0.05) is 0 Å². The van der Waals surface area contributed by atoms with Crippen LogP contribution in [0.4, 0.5) is 0 Å². The van der Waals surface area contributed by atoms with E-state index in [1.807, 2.05) is 17.0 Å². The van der Waals surface area contributed by atoms with E-state index in [0.717, 1.165) is 49.4 Å². The van der Waals surface area contributed by atoms with Crippen molar-refractivity contribution in [1.82, 2.24) is 10.2 Å². The number of ether oxygens (including phenoxy) is 1. The highest BCUT2D eigenvalue weighted by atomic mass is 32.1. The van der Waals surface area contributed by atoms with Crippen LogP contribution >= 0.6 is 11.3 Å². The van der Waals surface area contributed by atoms with Crippen molar-refractivity contribution in [3.63, 3.8) is 0 Å². The van der Waals surface area contributed by atoms with E-state index in [0.29, 0.717) is 0 Å². The van der Waals surface area contributed by atoms with E-state index in [-0.39, 0.29) is 17.9 Å². The van der Waals surface area contributed by atoms with Gasteiger partial charge in [0.2, 0.25) is 5.91 Å². The van der Waals surface area contributed by atoms with Crippen molar-refractivity contribution in [3.8, 4) is 16.2 Å². The minimum atomic E-state index is 0.00531. The molecule has 1 saturated heterocycles. The molecule has 1 aromatic carbocycles. The zero-order chi connectivity index (χ0) is 19.0. The zero-order valence-electron chi connectivity index (χ0n) is 15.7. The molecule has 27 heavy (non-hydrogen) atoms. The van der Waals surface area contributed by atoms with Gasteiger partial charge < -0.3 is 15.0 Å². The smallest absolute Gasteiger partial charge is 0.261 e. The third-order valence-electron chi connectivity index (χ3n) is 5.53. The molecule has 2 amide bonds. The lowest BCUT2D eigenvalue weighted by Crippen LogP contribution is -2.45. The van der Waals surface area contributed by atoms with Gasteiger partial charge in [-0.05, 0) is 66.6 Å². The quantitative estimate of drug-likeness (QED) is 0.884. The van der Waals surface area contributed by atoms with Crippen LogP contribution in [-0.4, -0.2) is 43.0 Å². The summed E-state index contributed by atoms with van der Waals surface area (Å²) in [5.41, 5.74) is 3.76. The number of nitrogens with one attached hydrogen (secondary N) is 1. The van der Waals surface area contributed by atoms with E-state index in [4.69, 9.17) is 4.74 Å². The largest absolute Gasteiger partial charge is 0.497 e. The SMILES string of the molecule is COc1ccc2c(c1)CCc1cc(C(=O)NC3CCN(C(C)=O)CC3)sc1-2. The normalized spacial score (nSPS) is 16.4. The third-order valence-corrected chi connectivity index (χ3v) is 6.74. The molecule has 0 radical (unpaired) electrons. The molecule has 2 heterocycles. The number of fused-ring (bicyclic) bond motifs is 3. The number of amides is 2. The summed E-state index contributed by atoms with van der Waals surface area (Å²) >= 11 is 1.58. The second-order valence-corrected chi connectivity index (χ2v) is 8.29. The fourth-order valence-corrected chi connectivity index (χ4v) is 5.12. The second kappa shape index (κ2) is 7.35. The van der Waals surface area contributed by atoms with Crippen LogP contribution in [0.2, 0.25) is 0 Å². The molecule has 2 aromatic rings. The van der Waals surface area contributed by atoms with Crippen LogP contribution in [0.5, 0.6) is 5.75 Å². The van der Waals surface area contributed by atoms with Crippen LogP contribution in [0.15, 0.2) is 24.3 Å². The van der Waals surface area contributed by atoms with Gasteiger partial charge in [0.25, 0.3) is 5.91 Å². The molecule has 2 aliphatic rings.